The highest BCUT2D eigenvalue weighted by Gasteiger charge is 2.41. The number of rotatable bonds is 6. The molecular weight excluding hydrogens is 480 g/mol. The molecule has 4 rings (SSSR count). The number of benzene rings is 1. The van der Waals surface area contributed by atoms with Crippen molar-refractivity contribution in [3.05, 3.63) is 48.8 Å². The van der Waals surface area contributed by atoms with E-state index in [0.717, 1.165) is 0 Å². The minimum Gasteiger partial charge on any atom is -0.415 e. The number of anilines is 2. The molecule has 0 atom stereocenters. The van der Waals surface area contributed by atoms with Gasteiger partial charge in [0.2, 0.25) is 0 Å². The Labute approximate surface area is 208 Å². The highest BCUT2D eigenvalue weighted by Crippen LogP contribution is 2.41. The number of aromatic nitrogens is 2. The monoisotopic (exact) mass is 514 g/mol. The summed E-state index contributed by atoms with van der Waals surface area (Å²) in [5.41, 5.74) is 0.741. The van der Waals surface area contributed by atoms with Gasteiger partial charge in [0.1, 0.15) is 5.54 Å². The number of fused-ring (bicyclic) bond motifs is 3. The van der Waals surface area contributed by atoms with Crippen molar-refractivity contribution in [3.8, 4) is 0 Å². The molecule has 0 aliphatic carbocycles. The van der Waals surface area contributed by atoms with Crippen molar-refractivity contribution in [2.45, 2.75) is 63.2 Å². The van der Waals surface area contributed by atoms with Gasteiger partial charge >= 0.3 is 0 Å². The molecule has 1 aliphatic rings. The van der Waals surface area contributed by atoms with E-state index < -0.39 is 23.9 Å². The first-order chi connectivity index (χ1) is 16.2. The summed E-state index contributed by atoms with van der Waals surface area (Å²) in [6.45, 7) is 15.4. The molecule has 0 radical (unpaired) electrons. The number of hydrogen-bond acceptors (Lipinski definition) is 6. The summed E-state index contributed by atoms with van der Waals surface area (Å²) >= 11 is 0. The summed E-state index contributed by atoms with van der Waals surface area (Å²) < 4.78 is 34.0. The van der Waals surface area contributed by atoms with Gasteiger partial charge < -0.3 is 14.6 Å². The normalized spacial score (nSPS) is 16.3. The van der Waals surface area contributed by atoms with Crippen molar-refractivity contribution in [2.75, 3.05) is 23.4 Å². The first-order valence-corrected chi connectivity index (χ1v) is 16.1. The Bertz CT molecular complexity index is 1380. The lowest BCUT2D eigenvalue weighted by Crippen LogP contribution is -2.55. The zero-order valence-corrected chi connectivity index (χ0v) is 23.2. The zero-order chi connectivity index (χ0) is 25.8. The minimum atomic E-state index is -3.82. The van der Waals surface area contributed by atoms with E-state index in [9.17, 15) is 13.2 Å². The third-order valence-corrected chi connectivity index (χ3v) is 13.3. The van der Waals surface area contributed by atoms with Crippen molar-refractivity contribution in [1.29, 1.82) is 0 Å². The second-order valence-corrected chi connectivity index (χ2v) is 17.6. The molecule has 8 nitrogen and oxygen atoms in total. The van der Waals surface area contributed by atoms with Gasteiger partial charge in [0.15, 0.2) is 14.0 Å². The van der Waals surface area contributed by atoms with E-state index in [4.69, 9.17) is 4.43 Å². The lowest BCUT2D eigenvalue weighted by atomic mass is 9.98. The van der Waals surface area contributed by atoms with Gasteiger partial charge in [-0.2, -0.15) is 0 Å². The first kappa shape index (κ1) is 25.4. The van der Waals surface area contributed by atoms with Gasteiger partial charge in [-0.1, -0.05) is 39.0 Å². The largest absolute Gasteiger partial charge is 0.415 e. The van der Waals surface area contributed by atoms with Crippen LogP contribution in [0.4, 0.5) is 11.4 Å². The standard InChI is InChI=1S/C25H34N4O4SSi/c1-24(2,3)35(6,7)33-16-15-28-20-17-26-22-19(21(20)27-25(4,5)23(28)30)13-14-29(22)34(31,32)18-11-9-8-10-12-18/h8-14,17,27H,15-16H2,1-7H3. The molecule has 0 unspecified atom stereocenters. The number of hydrogen-bond donors (Lipinski definition) is 1. The number of carbonyl (C=O) groups is 1. The van der Waals surface area contributed by atoms with Gasteiger partial charge in [0, 0.05) is 18.1 Å². The van der Waals surface area contributed by atoms with Crippen LogP contribution < -0.4 is 10.2 Å². The van der Waals surface area contributed by atoms with Crippen molar-refractivity contribution < 1.29 is 17.6 Å². The second kappa shape index (κ2) is 8.46. The van der Waals surface area contributed by atoms with E-state index in [1.54, 1.807) is 47.5 Å². The average Bonchev–Trinajstić information content (AvgIpc) is 3.21. The van der Waals surface area contributed by atoms with E-state index in [0.29, 0.717) is 35.6 Å². The molecule has 0 bridgehead atoms. The van der Waals surface area contributed by atoms with Gasteiger partial charge in [-0.25, -0.2) is 17.4 Å². The predicted octanol–water partition coefficient (Wildman–Crippen LogP) is 4.83. The van der Waals surface area contributed by atoms with Crippen LogP contribution in [0.3, 0.4) is 0 Å². The minimum absolute atomic E-state index is 0.0680. The lowest BCUT2D eigenvalue weighted by molar-refractivity contribution is -0.122. The van der Waals surface area contributed by atoms with Gasteiger partial charge in [-0.3, -0.25) is 4.79 Å². The Morgan fingerprint density at radius 3 is 2.40 bits per heavy atom. The topological polar surface area (TPSA) is 93.5 Å². The van der Waals surface area contributed by atoms with Crippen LogP contribution in [0.25, 0.3) is 11.0 Å². The molecule has 188 valence electrons. The fourth-order valence-electron chi connectivity index (χ4n) is 3.93. The van der Waals surface area contributed by atoms with Gasteiger partial charge in [-0.15, -0.1) is 0 Å². The van der Waals surface area contributed by atoms with Crippen molar-refractivity contribution in [1.82, 2.24) is 8.96 Å². The van der Waals surface area contributed by atoms with E-state index in [2.05, 4.69) is 44.2 Å². The predicted molar refractivity (Wildman–Crippen MR) is 142 cm³/mol. The van der Waals surface area contributed by atoms with Crippen LogP contribution in [0, 0.1) is 0 Å². The third-order valence-electron chi connectivity index (χ3n) is 7.05. The zero-order valence-electron chi connectivity index (χ0n) is 21.4. The highest BCUT2D eigenvalue weighted by atomic mass is 32.2. The number of nitrogens with zero attached hydrogens (tertiary/aromatic N) is 3. The van der Waals surface area contributed by atoms with Gasteiger partial charge in [-0.05, 0) is 50.2 Å². The lowest BCUT2D eigenvalue weighted by Gasteiger charge is -2.41. The third kappa shape index (κ3) is 4.39. The molecule has 10 heteroatoms. The molecule has 1 aliphatic heterocycles. The molecule has 1 amide bonds. The van der Waals surface area contributed by atoms with Crippen LogP contribution >= 0.6 is 0 Å². The van der Waals surface area contributed by atoms with Crippen LogP contribution in [0.15, 0.2) is 53.7 Å². The van der Waals surface area contributed by atoms with Crippen LogP contribution in [0.1, 0.15) is 34.6 Å². The molecule has 3 heterocycles. The van der Waals surface area contributed by atoms with Crippen LogP contribution in [-0.2, 0) is 19.2 Å². The average molecular weight is 515 g/mol. The molecule has 3 aromatic rings. The van der Waals surface area contributed by atoms with Gasteiger partial charge in [0.25, 0.3) is 15.9 Å². The maximum atomic E-state index is 13.3. The molecule has 35 heavy (non-hydrogen) atoms. The molecule has 0 saturated heterocycles. The Morgan fingerprint density at radius 1 is 1.11 bits per heavy atom. The number of nitrogens with one attached hydrogen (secondary N) is 1. The van der Waals surface area contributed by atoms with Crippen molar-refractivity contribution in [2.24, 2.45) is 0 Å². The summed E-state index contributed by atoms with van der Waals surface area (Å²) in [5, 5.41) is 4.03. The molecule has 0 saturated carbocycles. The van der Waals surface area contributed by atoms with Crippen molar-refractivity contribution in [3.63, 3.8) is 0 Å². The Hall–Kier alpha value is -2.69. The maximum absolute atomic E-state index is 13.3. The molecule has 2 aromatic heterocycles. The quantitative estimate of drug-likeness (QED) is 0.474. The fourth-order valence-corrected chi connectivity index (χ4v) is 6.29. The van der Waals surface area contributed by atoms with Gasteiger partial charge in [0.05, 0.1) is 29.1 Å². The molecule has 0 spiro atoms. The smallest absolute Gasteiger partial charge is 0.269 e. The fraction of sp³-hybridized carbons (Fsp3) is 0.440. The summed E-state index contributed by atoms with van der Waals surface area (Å²) in [7, 11) is -5.79. The highest BCUT2D eigenvalue weighted by molar-refractivity contribution is 7.90. The summed E-state index contributed by atoms with van der Waals surface area (Å²) in [6.07, 6.45) is 3.08. The molecular formula is C25H34N4O4SSi. The van der Waals surface area contributed by atoms with E-state index >= 15 is 0 Å². The SMILES string of the molecule is CC1(C)Nc2c(cnc3c2ccn3S(=O)(=O)c2ccccc2)N(CCO[Si](C)(C)C(C)(C)C)C1=O. The number of amides is 1. The number of pyridine rings is 1. The van der Waals surface area contributed by atoms with Crippen LogP contribution in [0.5, 0.6) is 0 Å². The summed E-state index contributed by atoms with van der Waals surface area (Å²) in [6, 6.07) is 9.99. The first-order valence-electron chi connectivity index (χ1n) is 11.7. The molecule has 1 N–H and O–H groups in total. The Balaban J connectivity index is 1.73. The van der Waals surface area contributed by atoms with E-state index in [1.165, 1.54) is 10.2 Å². The molecule has 1 aromatic carbocycles. The van der Waals surface area contributed by atoms with Crippen molar-refractivity contribution >= 4 is 46.7 Å². The Morgan fingerprint density at radius 2 is 1.77 bits per heavy atom. The molecule has 0 fully saturated rings. The summed E-state index contributed by atoms with van der Waals surface area (Å²) in [5.74, 6) is -0.0821. The van der Waals surface area contributed by atoms with E-state index in [1.807, 2.05) is 13.8 Å². The van der Waals surface area contributed by atoms with E-state index in [-0.39, 0.29) is 15.8 Å². The number of carbonyl (C=O) groups excluding carboxylic acids is 1. The second-order valence-electron chi connectivity index (χ2n) is 11.0. The van der Waals surface area contributed by atoms with Crippen LogP contribution in [-0.4, -0.2) is 50.3 Å². The van der Waals surface area contributed by atoms with Crippen LogP contribution in [0.2, 0.25) is 18.1 Å². The Kier molecular flexibility index (Phi) is 6.14. The maximum Gasteiger partial charge on any atom is 0.269 e. The summed E-state index contributed by atoms with van der Waals surface area (Å²) in [4.78, 5) is 19.7.